The van der Waals surface area contributed by atoms with Crippen molar-refractivity contribution in [3.05, 3.63) is 65.2 Å². The Morgan fingerprint density at radius 2 is 1.90 bits per heavy atom. The maximum absolute atomic E-state index is 12.0. The number of ether oxygens (including phenoxy) is 1. The minimum absolute atomic E-state index is 0.193. The normalized spacial score (nSPS) is 27.7. The van der Waals surface area contributed by atoms with Gasteiger partial charge in [-0.3, -0.25) is 10.1 Å². The third-order valence-corrected chi connectivity index (χ3v) is 6.34. The number of rotatable bonds is 5. The number of urea groups is 1. The number of imide groups is 1. The lowest BCUT2D eigenvalue weighted by Crippen LogP contribution is -2.63. The van der Waals surface area contributed by atoms with E-state index >= 15 is 0 Å². The summed E-state index contributed by atoms with van der Waals surface area (Å²) in [6.07, 6.45) is 4.47. The molecular formula is C23H25N3O3. The number of hydrogen-bond donors (Lipinski definition) is 3. The van der Waals surface area contributed by atoms with E-state index in [1.165, 1.54) is 11.1 Å². The summed E-state index contributed by atoms with van der Waals surface area (Å²) in [6, 6.07) is 16.6. The molecule has 0 aromatic heterocycles. The molecule has 1 saturated carbocycles. The molecule has 1 unspecified atom stereocenters. The minimum Gasteiger partial charge on any atom is -0.489 e. The molecule has 1 atom stereocenters. The average Bonchev–Trinajstić information content (AvgIpc) is 3.01. The summed E-state index contributed by atoms with van der Waals surface area (Å²) < 4.78 is 6.16. The number of fused-ring (bicyclic) bond motifs is 1. The number of benzene rings is 2. The Kier molecular flexibility index (Phi) is 4.51. The summed E-state index contributed by atoms with van der Waals surface area (Å²) in [5, 5.41) is 8.85. The predicted molar refractivity (Wildman–Crippen MR) is 108 cm³/mol. The van der Waals surface area contributed by atoms with E-state index in [-0.39, 0.29) is 24.0 Å². The van der Waals surface area contributed by atoms with E-state index in [4.69, 9.17) is 4.74 Å². The van der Waals surface area contributed by atoms with E-state index < -0.39 is 5.54 Å². The van der Waals surface area contributed by atoms with Crippen molar-refractivity contribution in [3.8, 4) is 5.75 Å². The maximum Gasteiger partial charge on any atom is 0.322 e. The third-order valence-electron chi connectivity index (χ3n) is 6.34. The summed E-state index contributed by atoms with van der Waals surface area (Å²) >= 11 is 0. The quantitative estimate of drug-likeness (QED) is 0.685. The minimum atomic E-state index is -0.701. The number of nitrogens with one attached hydrogen (secondary N) is 3. The fraction of sp³-hybridized carbons (Fsp3) is 0.391. The first-order valence-corrected chi connectivity index (χ1v) is 10.3. The van der Waals surface area contributed by atoms with Crippen LogP contribution in [0.5, 0.6) is 5.75 Å². The van der Waals surface area contributed by atoms with Crippen molar-refractivity contribution in [2.45, 2.75) is 56.3 Å². The molecule has 2 aromatic rings. The van der Waals surface area contributed by atoms with Gasteiger partial charge in [0.1, 0.15) is 17.9 Å². The monoisotopic (exact) mass is 391 g/mol. The highest BCUT2D eigenvalue weighted by atomic mass is 16.5. The Morgan fingerprint density at radius 1 is 1.07 bits per heavy atom. The SMILES string of the molecule is O=C1NC(=O)C2(CC(NC3CCCc4c(OCc5ccccc5)cccc43)C2)N1. The maximum atomic E-state index is 12.0. The van der Waals surface area contributed by atoms with E-state index in [0.29, 0.717) is 19.4 Å². The van der Waals surface area contributed by atoms with Crippen molar-refractivity contribution in [2.24, 2.45) is 0 Å². The summed E-state index contributed by atoms with van der Waals surface area (Å²) in [5.74, 6) is 0.770. The van der Waals surface area contributed by atoms with Crippen LogP contribution in [0.25, 0.3) is 0 Å². The highest BCUT2D eigenvalue weighted by Gasteiger charge is 2.55. The van der Waals surface area contributed by atoms with Crippen LogP contribution < -0.4 is 20.7 Å². The third kappa shape index (κ3) is 3.38. The van der Waals surface area contributed by atoms with Crippen molar-refractivity contribution in [2.75, 3.05) is 0 Å². The largest absolute Gasteiger partial charge is 0.489 e. The smallest absolute Gasteiger partial charge is 0.322 e. The molecule has 150 valence electrons. The summed E-state index contributed by atoms with van der Waals surface area (Å²) in [5.41, 5.74) is 3.04. The molecule has 6 nitrogen and oxygen atoms in total. The number of amides is 3. The Balaban J connectivity index is 1.26. The number of hydrogen-bond acceptors (Lipinski definition) is 4. The Bertz CT molecular complexity index is 938. The summed E-state index contributed by atoms with van der Waals surface area (Å²) in [7, 11) is 0. The standard InChI is InChI=1S/C23H25N3O3/c27-21-23(26-22(28)25-21)12-16(13-23)24-19-10-4-9-18-17(19)8-5-11-20(18)29-14-15-6-2-1-3-7-15/h1-3,5-8,11,16,19,24H,4,9-10,12-14H2,(H2,25,26,27,28). The van der Waals surface area contributed by atoms with Crippen LogP contribution in [0, 0.1) is 0 Å². The summed E-state index contributed by atoms with van der Waals surface area (Å²) in [6.45, 7) is 0.565. The van der Waals surface area contributed by atoms with Gasteiger partial charge in [0.05, 0.1) is 0 Å². The Morgan fingerprint density at radius 3 is 2.66 bits per heavy atom. The van der Waals surface area contributed by atoms with Gasteiger partial charge in [-0.25, -0.2) is 4.79 Å². The van der Waals surface area contributed by atoms with Crippen LogP contribution in [-0.2, 0) is 17.8 Å². The van der Waals surface area contributed by atoms with E-state index in [1.807, 2.05) is 18.2 Å². The number of carbonyl (C=O) groups is 2. The molecule has 0 radical (unpaired) electrons. The topological polar surface area (TPSA) is 79.5 Å². The Labute approximate surface area is 170 Å². The van der Waals surface area contributed by atoms with Gasteiger partial charge in [0, 0.05) is 12.1 Å². The molecule has 2 aromatic carbocycles. The molecule has 3 amide bonds. The number of carbonyl (C=O) groups excluding carboxylic acids is 2. The van der Waals surface area contributed by atoms with Crippen molar-refractivity contribution in [3.63, 3.8) is 0 Å². The molecule has 1 spiro atoms. The average molecular weight is 391 g/mol. The molecule has 2 fully saturated rings. The van der Waals surface area contributed by atoms with Gasteiger partial charge < -0.3 is 15.4 Å². The molecule has 3 aliphatic rings. The van der Waals surface area contributed by atoms with Crippen LogP contribution in [0.2, 0.25) is 0 Å². The van der Waals surface area contributed by atoms with Crippen LogP contribution in [0.1, 0.15) is 48.4 Å². The van der Waals surface area contributed by atoms with Crippen molar-refractivity contribution >= 4 is 11.9 Å². The lowest BCUT2D eigenvalue weighted by Gasteiger charge is -2.45. The van der Waals surface area contributed by atoms with Crippen LogP contribution in [0.4, 0.5) is 4.79 Å². The van der Waals surface area contributed by atoms with Crippen LogP contribution in [0.15, 0.2) is 48.5 Å². The van der Waals surface area contributed by atoms with Gasteiger partial charge in [0.2, 0.25) is 0 Å². The van der Waals surface area contributed by atoms with Crippen LogP contribution in [-0.4, -0.2) is 23.5 Å². The van der Waals surface area contributed by atoms with Crippen LogP contribution in [0.3, 0.4) is 0 Å². The zero-order valence-corrected chi connectivity index (χ0v) is 16.2. The second-order valence-electron chi connectivity index (χ2n) is 8.31. The zero-order valence-electron chi connectivity index (χ0n) is 16.2. The first kappa shape index (κ1) is 18.2. The van der Waals surface area contributed by atoms with Gasteiger partial charge in [-0.1, -0.05) is 42.5 Å². The van der Waals surface area contributed by atoms with Crippen molar-refractivity contribution in [1.29, 1.82) is 0 Å². The van der Waals surface area contributed by atoms with Gasteiger partial charge in [-0.15, -0.1) is 0 Å². The second kappa shape index (κ2) is 7.19. The molecular weight excluding hydrogens is 366 g/mol. The van der Waals surface area contributed by atoms with E-state index in [1.54, 1.807) is 0 Å². The van der Waals surface area contributed by atoms with Gasteiger partial charge in [0.25, 0.3) is 5.91 Å². The first-order chi connectivity index (χ1) is 14.1. The molecule has 6 heteroatoms. The highest BCUT2D eigenvalue weighted by molar-refractivity contribution is 6.07. The van der Waals surface area contributed by atoms with Crippen molar-refractivity contribution < 1.29 is 14.3 Å². The molecule has 3 N–H and O–H groups in total. The molecule has 0 bridgehead atoms. The molecule has 1 aliphatic heterocycles. The second-order valence-corrected chi connectivity index (χ2v) is 8.31. The van der Waals surface area contributed by atoms with Gasteiger partial charge in [-0.05, 0) is 54.9 Å². The molecule has 2 aliphatic carbocycles. The summed E-state index contributed by atoms with van der Waals surface area (Å²) in [4.78, 5) is 23.5. The predicted octanol–water partition coefficient (Wildman–Crippen LogP) is 2.97. The van der Waals surface area contributed by atoms with Crippen molar-refractivity contribution in [1.82, 2.24) is 16.0 Å². The fourth-order valence-corrected chi connectivity index (χ4v) is 4.86. The lowest BCUT2D eigenvalue weighted by atomic mass is 9.72. The highest BCUT2D eigenvalue weighted by Crippen LogP contribution is 2.40. The fourth-order valence-electron chi connectivity index (χ4n) is 4.86. The van der Waals surface area contributed by atoms with E-state index in [0.717, 1.165) is 30.6 Å². The van der Waals surface area contributed by atoms with Gasteiger partial charge >= 0.3 is 6.03 Å². The van der Waals surface area contributed by atoms with E-state index in [9.17, 15) is 9.59 Å². The van der Waals surface area contributed by atoms with Crippen LogP contribution >= 0.6 is 0 Å². The van der Waals surface area contributed by atoms with Gasteiger partial charge in [0.15, 0.2) is 0 Å². The molecule has 1 saturated heterocycles. The molecule has 29 heavy (non-hydrogen) atoms. The Hall–Kier alpha value is -2.86. The molecule has 1 heterocycles. The van der Waals surface area contributed by atoms with E-state index in [2.05, 4.69) is 46.3 Å². The lowest BCUT2D eigenvalue weighted by molar-refractivity contribution is -0.127. The zero-order chi connectivity index (χ0) is 19.8. The molecule has 5 rings (SSSR count). The first-order valence-electron chi connectivity index (χ1n) is 10.3. The van der Waals surface area contributed by atoms with Gasteiger partial charge in [-0.2, -0.15) is 0 Å².